The van der Waals surface area contributed by atoms with Crippen LogP contribution in [-0.2, 0) is 0 Å². The molecular weight excluding hydrogens is 406 g/mol. The smallest absolute Gasteiger partial charge is 0.252 e. The highest BCUT2D eigenvalue weighted by molar-refractivity contribution is 7.80. The highest BCUT2D eigenvalue weighted by Gasteiger charge is 2.15. The van der Waals surface area contributed by atoms with Crippen LogP contribution in [0.3, 0.4) is 0 Å². The second kappa shape index (κ2) is 10.3. The maximum absolute atomic E-state index is 13.0. The van der Waals surface area contributed by atoms with Gasteiger partial charge in [0, 0.05) is 30.7 Å². The highest BCUT2D eigenvalue weighted by atomic mass is 32.1. The van der Waals surface area contributed by atoms with E-state index in [9.17, 15) is 4.79 Å². The number of carbonyl (C=O) groups is 1. The molecule has 0 unspecified atom stereocenters. The van der Waals surface area contributed by atoms with Crippen LogP contribution in [0, 0.1) is 0 Å². The van der Waals surface area contributed by atoms with Crippen molar-refractivity contribution in [3.8, 4) is 11.4 Å². The van der Waals surface area contributed by atoms with Crippen LogP contribution in [-0.4, -0.2) is 40.1 Å². The lowest BCUT2D eigenvalue weighted by atomic mass is 9.96. The number of pyridine rings is 2. The Morgan fingerprint density at radius 1 is 0.968 bits per heavy atom. The van der Waals surface area contributed by atoms with E-state index < -0.39 is 0 Å². The molecule has 2 heterocycles. The number of benzene rings is 1. The number of para-hydroxylation sites is 1. The first kappa shape index (κ1) is 21.2. The summed E-state index contributed by atoms with van der Waals surface area (Å²) in [4.78, 5) is 22.0. The van der Waals surface area contributed by atoms with Crippen LogP contribution in [0.5, 0.6) is 0 Å². The van der Waals surface area contributed by atoms with E-state index >= 15 is 0 Å². The summed E-state index contributed by atoms with van der Waals surface area (Å²) < 4.78 is 0. The van der Waals surface area contributed by atoms with Crippen molar-refractivity contribution < 1.29 is 4.79 Å². The lowest BCUT2D eigenvalue weighted by Crippen LogP contribution is -2.45. The Balaban J connectivity index is 1.38. The lowest BCUT2D eigenvalue weighted by Gasteiger charge is -2.24. The van der Waals surface area contributed by atoms with Gasteiger partial charge >= 0.3 is 0 Å². The van der Waals surface area contributed by atoms with Gasteiger partial charge in [-0.3, -0.25) is 9.78 Å². The van der Waals surface area contributed by atoms with Gasteiger partial charge in [-0.1, -0.05) is 43.5 Å². The van der Waals surface area contributed by atoms with E-state index in [1.54, 1.807) is 6.20 Å². The molecule has 0 aliphatic heterocycles. The van der Waals surface area contributed by atoms with Gasteiger partial charge in [0.1, 0.15) is 0 Å². The lowest BCUT2D eigenvalue weighted by molar-refractivity contribution is 0.0956. The zero-order valence-corrected chi connectivity index (χ0v) is 18.3. The predicted octanol–water partition coefficient (Wildman–Crippen LogP) is 3.82. The Morgan fingerprint density at radius 3 is 2.55 bits per heavy atom. The van der Waals surface area contributed by atoms with Crippen molar-refractivity contribution in [2.24, 2.45) is 0 Å². The fraction of sp³-hybridized carbons (Fsp3) is 0.333. The van der Waals surface area contributed by atoms with Crippen LogP contribution in [0.1, 0.15) is 42.5 Å². The number of carbonyl (C=O) groups excluding carboxylic acids is 1. The predicted molar refractivity (Wildman–Crippen MR) is 128 cm³/mol. The molecule has 4 rings (SSSR count). The summed E-state index contributed by atoms with van der Waals surface area (Å²) in [5, 5.41) is 11.0. The van der Waals surface area contributed by atoms with E-state index in [1.807, 2.05) is 48.5 Å². The van der Waals surface area contributed by atoms with Gasteiger partial charge in [-0.15, -0.1) is 0 Å². The molecule has 0 saturated heterocycles. The van der Waals surface area contributed by atoms with Gasteiger partial charge < -0.3 is 16.0 Å². The standard InChI is InChI=1S/C24H27N5OS/c30-23(26-14-15-27-24(31)28-17-8-2-1-3-9-17)19-16-22(21-12-6-7-13-25-21)29-20-11-5-4-10-18(19)20/h4-7,10-13,16-17H,1-3,8-9,14-15H2,(H,26,30)(H2,27,28,31). The minimum atomic E-state index is -0.135. The van der Waals surface area contributed by atoms with Crippen LogP contribution in [0.4, 0.5) is 0 Å². The summed E-state index contributed by atoms with van der Waals surface area (Å²) in [6, 6.07) is 15.6. The Bertz CT molecular complexity index is 1050. The summed E-state index contributed by atoms with van der Waals surface area (Å²) in [5.74, 6) is -0.135. The molecule has 1 amide bonds. The second-order valence-electron chi connectivity index (χ2n) is 7.78. The van der Waals surface area contributed by atoms with Crippen molar-refractivity contribution >= 4 is 34.1 Å². The summed E-state index contributed by atoms with van der Waals surface area (Å²) >= 11 is 5.39. The number of thiocarbonyl (C=S) groups is 1. The number of aromatic nitrogens is 2. The van der Waals surface area contributed by atoms with Crippen LogP contribution < -0.4 is 16.0 Å². The average Bonchev–Trinajstić information content (AvgIpc) is 2.82. The Labute approximate surface area is 187 Å². The quantitative estimate of drug-likeness (QED) is 0.405. The number of rotatable bonds is 6. The first-order valence-corrected chi connectivity index (χ1v) is 11.3. The fourth-order valence-corrected chi connectivity index (χ4v) is 4.21. The van der Waals surface area contributed by atoms with Crippen molar-refractivity contribution in [3.05, 3.63) is 60.3 Å². The van der Waals surface area contributed by atoms with Crippen molar-refractivity contribution in [2.75, 3.05) is 13.1 Å². The zero-order chi connectivity index (χ0) is 21.5. The van der Waals surface area contributed by atoms with Gasteiger partial charge in [-0.05, 0) is 49.3 Å². The van der Waals surface area contributed by atoms with Gasteiger partial charge in [0.15, 0.2) is 5.11 Å². The van der Waals surface area contributed by atoms with Gasteiger partial charge in [-0.25, -0.2) is 4.98 Å². The van der Waals surface area contributed by atoms with E-state index in [4.69, 9.17) is 12.2 Å². The van der Waals surface area contributed by atoms with Crippen molar-refractivity contribution in [1.82, 2.24) is 25.9 Å². The largest absolute Gasteiger partial charge is 0.361 e. The average molecular weight is 434 g/mol. The van der Waals surface area contributed by atoms with Gasteiger partial charge in [0.2, 0.25) is 0 Å². The Morgan fingerprint density at radius 2 is 1.74 bits per heavy atom. The Hall–Kier alpha value is -3.06. The topological polar surface area (TPSA) is 78.9 Å². The minimum absolute atomic E-state index is 0.135. The number of nitrogens with zero attached hydrogens (tertiary/aromatic N) is 2. The minimum Gasteiger partial charge on any atom is -0.361 e. The van der Waals surface area contributed by atoms with Gasteiger partial charge in [-0.2, -0.15) is 0 Å². The van der Waals surface area contributed by atoms with E-state index in [-0.39, 0.29) is 5.91 Å². The fourth-order valence-electron chi connectivity index (χ4n) is 3.94. The third-order valence-electron chi connectivity index (χ3n) is 5.52. The van der Waals surface area contributed by atoms with Gasteiger partial charge in [0.05, 0.1) is 22.5 Å². The molecular formula is C24H27N5OS. The van der Waals surface area contributed by atoms with Crippen molar-refractivity contribution in [1.29, 1.82) is 0 Å². The monoisotopic (exact) mass is 433 g/mol. The van der Waals surface area contributed by atoms with Crippen LogP contribution in [0.15, 0.2) is 54.7 Å². The first-order chi connectivity index (χ1) is 15.2. The molecule has 1 saturated carbocycles. The van der Waals surface area contributed by atoms with Crippen LogP contribution >= 0.6 is 12.2 Å². The molecule has 7 heteroatoms. The second-order valence-corrected chi connectivity index (χ2v) is 8.19. The third kappa shape index (κ3) is 5.55. The molecule has 31 heavy (non-hydrogen) atoms. The molecule has 1 aliphatic rings. The molecule has 2 aromatic heterocycles. The van der Waals surface area contributed by atoms with E-state index in [0.29, 0.717) is 35.5 Å². The van der Waals surface area contributed by atoms with Crippen molar-refractivity contribution in [2.45, 2.75) is 38.1 Å². The maximum atomic E-state index is 13.0. The van der Waals surface area contributed by atoms with E-state index in [0.717, 1.165) is 16.6 Å². The molecule has 0 atom stereocenters. The molecule has 0 radical (unpaired) electrons. The molecule has 3 aromatic rings. The molecule has 1 aromatic carbocycles. The van der Waals surface area contributed by atoms with Gasteiger partial charge in [0.25, 0.3) is 5.91 Å². The molecule has 0 bridgehead atoms. The normalized spacial score (nSPS) is 14.2. The zero-order valence-electron chi connectivity index (χ0n) is 17.4. The maximum Gasteiger partial charge on any atom is 0.252 e. The number of amides is 1. The molecule has 1 aliphatic carbocycles. The molecule has 6 nitrogen and oxygen atoms in total. The summed E-state index contributed by atoms with van der Waals surface area (Å²) in [7, 11) is 0. The summed E-state index contributed by atoms with van der Waals surface area (Å²) in [6.45, 7) is 1.04. The summed E-state index contributed by atoms with van der Waals surface area (Å²) in [6.07, 6.45) is 7.91. The van der Waals surface area contributed by atoms with E-state index in [1.165, 1.54) is 32.1 Å². The number of hydrogen-bond acceptors (Lipinski definition) is 4. The molecule has 3 N–H and O–H groups in total. The van der Waals surface area contributed by atoms with Crippen molar-refractivity contribution in [3.63, 3.8) is 0 Å². The number of fused-ring (bicyclic) bond motifs is 1. The molecule has 0 spiro atoms. The highest BCUT2D eigenvalue weighted by Crippen LogP contribution is 2.23. The summed E-state index contributed by atoms with van der Waals surface area (Å²) in [5.41, 5.74) is 2.78. The SMILES string of the molecule is O=C(NCCNC(=S)NC1CCCCC1)c1cc(-c2ccccn2)nc2ccccc12. The van der Waals surface area contributed by atoms with Crippen LogP contribution in [0.2, 0.25) is 0 Å². The molecule has 1 fully saturated rings. The van der Waals surface area contributed by atoms with E-state index in [2.05, 4.69) is 25.9 Å². The Kier molecular flexibility index (Phi) is 7.04. The first-order valence-electron chi connectivity index (χ1n) is 10.8. The number of nitrogens with one attached hydrogen (secondary N) is 3. The van der Waals surface area contributed by atoms with Crippen LogP contribution in [0.25, 0.3) is 22.3 Å². The third-order valence-corrected chi connectivity index (χ3v) is 5.79. The number of hydrogen-bond donors (Lipinski definition) is 3. The molecule has 160 valence electrons.